The first-order valence-corrected chi connectivity index (χ1v) is 9.51. The Morgan fingerprint density at radius 2 is 1.60 bits per heavy atom. The fourth-order valence-electron chi connectivity index (χ4n) is 3.20. The zero-order valence-electron chi connectivity index (χ0n) is 16.5. The van der Waals surface area contributed by atoms with Gasteiger partial charge in [0.1, 0.15) is 12.3 Å². The zero-order valence-corrected chi connectivity index (χ0v) is 16.5. The number of carbonyl (C=O) groups is 1. The number of nitrogens with zero attached hydrogens (tertiary/aromatic N) is 1. The molecule has 0 radical (unpaired) electrons. The zero-order chi connectivity index (χ0) is 20.9. The molecule has 0 saturated heterocycles. The number of benzene rings is 3. The number of carbonyl (C=O) groups excluding carboxylic acids is 1. The molecule has 30 heavy (non-hydrogen) atoms. The highest BCUT2D eigenvalue weighted by atomic mass is 16.5. The van der Waals surface area contributed by atoms with E-state index in [1.165, 1.54) is 4.57 Å². The van der Waals surface area contributed by atoms with E-state index in [0.717, 1.165) is 16.8 Å². The van der Waals surface area contributed by atoms with Crippen LogP contribution in [0.4, 0.5) is 17.1 Å². The topological polar surface area (TPSA) is 72.4 Å². The maximum Gasteiger partial charge on any atom is 0.258 e. The van der Waals surface area contributed by atoms with E-state index in [4.69, 9.17) is 4.74 Å². The molecule has 0 saturated carbocycles. The van der Waals surface area contributed by atoms with Crippen LogP contribution in [0, 0.1) is 0 Å². The predicted octanol–water partition coefficient (Wildman–Crippen LogP) is 4.39. The van der Waals surface area contributed by atoms with Crippen LogP contribution in [0.15, 0.2) is 89.9 Å². The number of aromatic nitrogens is 1. The third-order valence-electron chi connectivity index (χ3n) is 4.73. The van der Waals surface area contributed by atoms with E-state index in [1.54, 1.807) is 37.6 Å². The highest BCUT2D eigenvalue weighted by Gasteiger charge is 2.08. The van der Waals surface area contributed by atoms with Crippen molar-refractivity contribution in [2.75, 3.05) is 17.7 Å². The Morgan fingerprint density at radius 1 is 0.900 bits per heavy atom. The van der Waals surface area contributed by atoms with Crippen LogP contribution in [-0.4, -0.2) is 17.6 Å². The molecule has 6 heteroatoms. The van der Waals surface area contributed by atoms with Crippen molar-refractivity contribution in [3.8, 4) is 5.75 Å². The molecule has 2 N–H and O–H groups in total. The van der Waals surface area contributed by atoms with Gasteiger partial charge >= 0.3 is 0 Å². The number of hydrogen-bond donors (Lipinski definition) is 2. The van der Waals surface area contributed by atoms with Crippen molar-refractivity contribution in [3.63, 3.8) is 0 Å². The van der Waals surface area contributed by atoms with Gasteiger partial charge in [0.15, 0.2) is 0 Å². The monoisotopic (exact) mass is 399 g/mol. The van der Waals surface area contributed by atoms with Gasteiger partial charge in [0.25, 0.3) is 5.56 Å². The molecule has 6 nitrogen and oxygen atoms in total. The highest BCUT2D eigenvalue weighted by Crippen LogP contribution is 2.19. The molecule has 4 aromatic rings. The lowest BCUT2D eigenvalue weighted by atomic mass is 10.1. The Kier molecular flexibility index (Phi) is 5.48. The summed E-state index contributed by atoms with van der Waals surface area (Å²) in [6.45, 7) is -0.0647. The van der Waals surface area contributed by atoms with Gasteiger partial charge in [-0.3, -0.25) is 9.59 Å². The van der Waals surface area contributed by atoms with E-state index in [9.17, 15) is 9.59 Å². The van der Waals surface area contributed by atoms with E-state index in [0.29, 0.717) is 16.8 Å². The Bertz CT molecular complexity index is 1230. The molecule has 1 heterocycles. The van der Waals surface area contributed by atoms with Gasteiger partial charge in [0.2, 0.25) is 5.91 Å². The van der Waals surface area contributed by atoms with Gasteiger partial charge < -0.3 is 19.9 Å². The van der Waals surface area contributed by atoms with Gasteiger partial charge in [-0.15, -0.1) is 0 Å². The number of amides is 1. The molecule has 0 unspecified atom stereocenters. The van der Waals surface area contributed by atoms with Gasteiger partial charge in [0, 0.05) is 28.6 Å². The van der Waals surface area contributed by atoms with Crippen LogP contribution in [0.3, 0.4) is 0 Å². The summed E-state index contributed by atoms with van der Waals surface area (Å²) in [5.74, 6) is 0.413. The maximum absolute atomic E-state index is 12.7. The summed E-state index contributed by atoms with van der Waals surface area (Å²) in [5.41, 5.74) is 2.35. The second-order valence-electron chi connectivity index (χ2n) is 6.82. The average Bonchev–Trinajstić information content (AvgIpc) is 2.77. The number of ether oxygens (including phenoxy) is 1. The lowest BCUT2D eigenvalue weighted by Crippen LogP contribution is -2.27. The van der Waals surface area contributed by atoms with Gasteiger partial charge in [-0.1, -0.05) is 18.2 Å². The van der Waals surface area contributed by atoms with E-state index < -0.39 is 0 Å². The minimum Gasteiger partial charge on any atom is -0.497 e. The molecule has 0 fully saturated rings. The highest BCUT2D eigenvalue weighted by molar-refractivity contribution is 5.91. The summed E-state index contributed by atoms with van der Waals surface area (Å²) >= 11 is 0. The Hall–Kier alpha value is -4.06. The van der Waals surface area contributed by atoms with Crippen LogP contribution in [-0.2, 0) is 11.3 Å². The number of para-hydroxylation sites is 1. The first-order chi connectivity index (χ1) is 14.6. The SMILES string of the molecule is COc1ccc2c(=O)n(CC(=O)Nc3ccc(Nc4ccccc4)cc3)ccc2c1. The first kappa shape index (κ1) is 19.3. The van der Waals surface area contributed by atoms with Gasteiger partial charge in [0.05, 0.1) is 7.11 Å². The van der Waals surface area contributed by atoms with Crippen molar-refractivity contribution in [2.24, 2.45) is 0 Å². The fraction of sp³-hybridized carbons (Fsp3) is 0.0833. The number of pyridine rings is 1. The molecule has 0 aliphatic heterocycles. The Balaban J connectivity index is 1.43. The molecule has 0 spiro atoms. The molecular formula is C24H21N3O3. The predicted molar refractivity (Wildman–Crippen MR) is 120 cm³/mol. The van der Waals surface area contributed by atoms with Gasteiger partial charge in [-0.2, -0.15) is 0 Å². The van der Waals surface area contributed by atoms with Crippen molar-refractivity contribution in [1.82, 2.24) is 4.57 Å². The van der Waals surface area contributed by atoms with Crippen molar-refractivity contribution in [1.29, 1.82) is 0 Å². The first-order valence-electron chi connectivity index (χ1n) is 9.51. The Morgan fingerprint density at radius 3 is 2.33 bits per heavy atom. The van der Waals surface area contributed by atoms with Crippen molar-refractivity contribution in [2.45, 2.75) is 6.54 Å². The summed E-state index contributed by atoms with van der Waals surface area (Å²) in [6.07, 6.45) is 1.62. The molecule has 3 aromatic carbocycles. The number of methoxy groups -OCH3 is 1. The van der Waals surface area contributed by atoms with Gasteiger partial charge in [-0.25, -0.2) is 0 Å². The minimum atomic E-state index is -0.270. The van der Waals surface area contributed by atoms with Crippen LogP contribution in [0.2, 0.25) is 0 Å². The molecule has 150 valence electrons. The van der Waals surface area contributed by atoms with Crippen LogP contribution < -0.4 is 20.9 Å². The average molecular weight is 399 g/mol. The standard InChI is InChI=1S/C24H21N3O3/c1-30-21-11-12-22-17(15-21)13-14-27(24(22)29)16-23(28)26-20-9-7-19(8-10-20)25-18-5-3-2-4-6-18/h2-15,25H,16H2,1H3,(H,26,28). The fourth-order valence-corrected chi connectivity index (χ4v) is 3.20. The second kappa shape index (κ2) is 8.53. The number of hydrogen-bond acceptors (Lipinski definition) is 4. The summed E-state index contributed by atoms with van der Waals surface area (Å²) in [6, 6.07) is 24.3. The third-order valence-corrected chi connectivity index (χ3v) is 4.73. The normalized spacial score (nSPS) is 10.6. The van der Waals surface area contributed by atoms with Crippen molar-refractivity contribution in [3.05, 3.63) is 95.4 Å². The maximum atomic E-state index is 12.7. The molecule has 0 aliphatic rings. The minimum absolute atomic E-state index is 0.0647. The summed E-state index contributed by atoms with van der Waals surface area (Å²) in [4.78, 5) is 25.1. The summed E-state index contributed by atoms with van der Waals surface area (Å²) in [7, 11) is 1.58. The van der Waals surface area contributed by atoms with E-state index in [1.807, 2.05) is 54.6 Å². The number of anilines is 3. The molecule has 1 aromatic heterocycles. The smallest absolute Gasteiger partial charge is 0.258 e. The lowest BCUT2D eigenvalue weighted by molar-refractivity contribution is -0.116. The van der Waals surface area contributed by atoms with Crippen LogP contribution in [0.25, 0.3) is 10.8 Å². The number of rotatable bonds is 6. The quantitative estimate of drug-likeness (QED) is 0.504. The van der Waals surface area contributed by atoms with Crippen molar-refractivity contribution >= 4 is 33.7 Å². The van der Waals surface area contributed by atoms with E-state index in [-0.39, 0.29) is 18.0 Å². The van der Waals surface area contributed by atoms with Gasteiger partial charge in [-0.05, 0) is 66.0 Å². The van der Waals surface area contributed by atoms with Crippen LogP contribution in [0.5, 0.6) is 5.75 Å². The second-order valence-corrected chi connectivity index (χ2v) is 6.82. The van der Waals surface area contributed by atoms with Crippen LogP contribution in [0.1, 0.15) is 0 Å². The lowest BCUT2D eigenvalue weighted by Gasteiger charge is -2.10. The van der Waals surface area contributed by atoms with Crippen LogP contribution >= 0.6 is 0 Å². The number of fused-ring (bicyclic) bond motifs is 1. The molecular weight excluding hydrogens is 378 g/mol. The molecule has 0 atom stereocenters. The molecule has 1 amide bonds. The summed E-state index contributed by atoms with van der Waals surface area (Å²) < 4.78 is 6.59. The van der Waals surface area contributed by atoms with E-state index >= 15 is 0 Å². The molecule has 4 rings (SSSR count). The number of nitrogens with one attached hydrogen (secondary N) is 2. The largest absolute Gasteiger partial charge is 0.497 e. The van der Waals surface area contributed by atoms with E-state index in [2.05, 4.69) is 10.6 Å². The third kappa shape index (κ3) is 4.33. The molecule has 0 aliphatic carbocycles. The molecule has 0 bridgehead atoms. The Labute approximate surface area is 173 Å². The van der Waals surface area contributed by atoms with Crippen molar-refractivity contribution < 1.29 is 9.53 Å². The summed E-state index contributed by atoms with van der Waals surface area (Å²) in [5, 5.41) is 7.44.